The fourth-order valence-electron chi connectivity index (χ4n) is 4.16. The Labute approximate surface area is 227 Å². The van der Waals surface area contributed by atoms with Gasteiger partial charge in [-0.2, -0.15) is 5.10 Å². The lowest BCUT2D eigenvalue weighted by Gasteiger charge is -2.26. The molecule has 10 heteroatoms. The van der Waals surface area contributed by atoms with Gasteiger partial charge in [-0.05, 0) is 48.0 Å². The van der Waals surface area contributed by atoms with Crippen LogP contribution >= 0.6 is 0 Å². The number of hydrogen-bond acceptors (Lipinski definition) is 7. The Balaban J connectivity index is 1.13. The van der Waals surface area contributed by atoms with Gasteiger partial charge in [-0.3, -0.25) is 15.3 Å². The highest BCUT2D eigenvalue weighted by molar-refractivity contribution is 5.99. The van der Waals surface area contributed by atoms with Crippen molar-refractivity contribution in [3.8, 4) is 28.3 Å². The van der Waals surface area contributed by atoms with E-state index in [1.807, 2.05) is 75.4 Å². The highest BCUT2D eigenvalue weighted by Crippen LogP contribution is 2.27. The van der Waals surface area contributed by atoms with Crippen molar-refractivity contribution in [3.63, 3.8) is 0 Å². The van der Waals surface area contributed by atoms with Gasteiger partial charge < -0.3 is 19.3 Å². The Bertz CT molecular complexity index is 1370. The first-order valence-electron chi connectivity index (χ1n) is 13.1. The van der Waals surface area contributed by atoms with Crippen molar-refractivity contribution < 1.29 is 18.8 Å². The van der Waals surface area contributed by atoms with Crippen LogP contribution in [0.15, 0.2) is 65.2 Å². The van der Waals surface area contributed by atoms with Crippen LogP contribution in [-0.2, 0) is 10.2 Å². The topological polar surface area (TPSA) is 118 Å². The predicted molar refractivity (Wildman–Crippen MR) is 150 cm³/mol. The normalized spacial score (nSPS) is 14.2. The molecule has 3 heterocycles. The summed E-state index contributed by atoms with van der Waals surface area (Å²) in [4.78, 5) is 14.7. The number of H-pyrrole nitrogens is 1. The van der Waals surface area contributed by atoms with E-state index in [1.54, 1.807) is 6.07 Å². The molecule has 0 spiro atoms. The van der Waals surface area contributed by atoms with Gasteiger partial charge in [0.1, 0.15) is 18.1 Å². The van der Waals surface area contributed by atoms with Gasteiger partial charge in [0.2, 0.25) is 0 Å². The third-order valence-electron chi connectivity index (χ3n) is 6.45. The van der Waals surface area contributed by atoms with E-state index in [-0.39, 0.29) is 5.41 Å². The number of rotatable bonds is 8. The second-order valence-corrected chi connectivity index (χ2v) is 10.5. The highest BCUT2D eigenvalue weighted by Gasteiger charge is 2.20. The second-order valence-electron chi connectivity index (χ2n) is 10.5. The molecule has 0 aliphatic carbocycles. The molecule has 2 amide bonds. The summed E-state index contributed by atoms with van der Waals surface area (Å²) >= 11 is 0. The van der Waals surface area contributed by atoms with E-state index < -0.39 is 6.03 Å². The van der Waals surface area contributed by atoms with Gasteiger partial charge in [-0.25, -0.2) is 4.79 Å². The van der Waals surface area contributed by atoms with Crippen molar-refractivity contribution in [2.24, 2.45) is 0 Å². The number of aromatic nitrogens is 3. The zero-order valence-corrected chi connectivity index (χ0v) is 22.5. The number of morpholine rings is 1. The molecule has 39 heavy (non-hydrogen) atoms. The third kappa shape index (κ3) is 7.04. The lowest BCUT2D eigenvalue weighted by molar-refractivity contribution is 0.0322. The first-order valence-corrected chi connectivity index (χ1v) is 13.1. The molecule has 0 atom stereocenters. The Morgan fingerprint density at radius 2 is 1.72 bits per heavy atom. The SMILES string of the molecule is CC(C)(C)c1cc(NC(=O)Nc2ccc(-c3cc(-c4ccc(OCCN5CCOCC5)cc4)[nH]n3)cc2)no1. The van der Waals surface area contributed by atoms with Crippen molar-refractivity contribution in [1.82, 2.24) is 20.3 Å². The highest BCUT2D eigenvalue weighted by atomic mass is 16.5. The van der Waals surface area contributed by atoms with E-state index in [9.17, 15) is 4.79 Å². The van der Waals surface area contributed by atoms with Crippen LogP contribution in [0.2, 0.25) is 0 Å². The van der Waals surface area contributed by atoms with Gasteiger partial charge in [-0.15, -0.1) is 0 Å². The van der Waals surface area contributed by atoms with Gasteiger partial charge in [0.25, 0.3) is 0 Å². The summed E-state index contributed by atoms with van der Waals surface area (Å²) in [6.07, 6.45) is 0. The molecule has 1 aliphatic rings. The largest absolute Gasteiger partial charge is 0.492 e. The van der Waals surface area contributed by atoms with Crippen LogP contribution < -0.4 is 15.4 Å². The number of anilines is 2. The number of aromatic amines is 1. The van der Waals surface area contributed by atoms with Crippen molar-refractivity contribution in [2.75, 3.05) is 50.1 Å². The van der Waals surface area contributed by atoms with Crippen LogP contribution in [0.3, 0.4) is 0 Å². The van der Waals surface area contributed by atoms with Crippen molar-refractivity contribution in [1.29, 1.82) is 0 Å². The summed E-state index contributed by atoms with van der Waals surface area (Å²) in [7, 11) is 0. The van der Waals surface area contributed by atoms with E-state index in [0.717, 1.165) is 61.1 Å². The third-order valence-corrected chi connectivity index (χ3v) is 6.45. The summed E-state index contributed by atoms with van der Waals surface area (Å²) in [6, 6.07) is 18.8. The number of urea groups is 1. The summed E-state index contributed by atoms with van der Waals surface area (Å²) in [5, 5.41) is 17.0. The Hall–Kier alpha value is -4.15. The maximum Gasteiger partial charge on any atom is 0.324 e. The molecule has 3 N–H and O–H groups in total. The molecule has 1 aliphatic heterocycles. The zero-order valence-electron chi connectivity index (χ0n) is 22.5. The quantitative estimate of drug-likeness (QED) is 0.280. The molecule has 1 fully saturated rings. The second kappa shape index (κ2) is 11.7. The number of benzene rings is 2. The summed E-state index contributed by atoms with van der Waals surface area (Å²) in [5.74, 6) is 1.91. The van der Waals surface area contributed by atoms with Crippen LogP contribution in [0.5, 0.6) is 5.75 Å². The summed E-state index contributed by atoms with van der Waals surface area (Å²) in [6.45, 7) is 11.1. The van der Waals surface area contributed by atoms with E-state index in [4.69, 9.17) is 14.0 Å². The zero-order chi connectivity index (χ0) is 27.2. The minimum atomic E-state index is -0.396. The number of nitrogens with zero attached hydrogens (tertiary/aromatic N) is 3. The molecular formula is C29H34N6O4. The van der Waals surface area contributed by atoms with E-state index in [0.29, 0.717) is 23.9 Å². The summed E-state index contributed by atoms with van der Waals surface area (Å²) < 4.78 is 16.6. The van der Waals surface area contributed by atoms with Gasteiger partial charge in [0.15, 0.2) is 5.82 Å². The van der Waals surface area contributed by atoms with Gasteiger partial charge in [-0.1, -0.05) is 38.1 Å². The number of amides is 2. The van der Waals surface area contributed by atoms with Crippen LogP contribution in [0.25, 0.3) is 22.5 Å². The molecule has 0 unspecified atom stereocenters. The number of nitrogens with one attached hydrogen (secondary N) is 3. The molecule has 2 aromatic carbocycles. The van der Waals surface area contributed by atoms with Crippen LogP contribution in [0.1, 0.15) is 26.5 Å². The van der Waals surface area contributed by atoms with Gasteiger partial charge >= 0.3 is 6.03 Å². The number of hydrogen-bond donors (Lipinski definition) is 3. The minimum absolute atomic E-state index is 0.188. The fraction of sp³-hybridized carbons (Fsp3) is 0.345. The van der Waals surface area contributed by atoms with Crippen molar-refractivity contribution in [2.45, 2.75) is 26.2 Å². The van der Waals surface area contributed by atoms with Crippen LogP contribution in [0, 0.1) is 0 Å². The molecule has 0 radical (unpaired) electrons. The van der Waals surface area contributed by atoms with E-state index in [1.165, 1.54) is 0 Å². The fourth-order valence-corrected chi connectivity index (χ4v) is 4.16. The Kier molecular flexibility index (Phi) is 7.94. The molecule has 10 nitrogen and oxygen atoms in total. The van der Waals surface area contributed by atoms with E-state index >= 15 is 0 Å². The smallest absolute Gasteiger partial charge is 0.324 e. The monoisotopic (exact) mass is 530 g/mol. The molecule has 0 bridgehead atoms. The molecule has 2 aromatic heterocycles. The summed E-state index contributed by atoms with van der Waals surface area (Å²) in [5.41, 5.74) is 4.13. The van der Waals surface area contributed by atoms with E-state index in [2.05, 4.69) is 30.9 Å². The molecule has 204 valence electrons. The molecule has 1 saturated heterocycles. The maximum absolute atomic E-state index is 12.4. The minimum Gasteiger partial charge on any atom is -0.492 e. The average Bonchev–Trinajstić information content (AvgIpc) is 3.61. The van der Waals surface area contributed by atoms with Crippen molar-refractivity contribution in [3.05, 3.63) is 66.4 Å². The van der Waals surface area contributed by atoms with Crippen LogP contribution in [-0.4, -0.2) is 65.7 Å². The van der Waals surface area contributed by atoms with Gasteiger partial charge in [0, 0.05) is 42.4 Å². The lowest BCUT2D eigenvalue weighted by Crippen LogP contribution is -2.38. The average molecular weight is 531 g/mol. The Morgan fingerprint density at radius 1 is 1.00 bits per heavy atom. The van der Waals surface area contributed by atoms with Gasteiger partial charge in [0.05, 0.1) is 24.6 Å². The maximum atomic E-state index is 12.4. The molecular weight excluding hydrogens is 496 g/mol. The predicted octanol–water partition coefficient (Wildman–Crippen LogP) is 5.38. The number of carbonyl (C=O) groups excluding carboxylic acids is 1. The first-order chi connectivity index (χ1) is 18.8. The molecule has 0 saturated carbocycles. The number of carbonyl (C=O) groups is 1. The lowest BCUT2D eigenvalue weighted by atomic mass is 9.93. The number of ether oxygens (including phenoxy) is 2. The molecule has 4 aromatic rings. The Morgan fingerprint density at radius 3 is 2.41 bits per heavy atom. The van der Waals surface area contributed by atoms with Crippen molar-refractivity contribution >= 4 is 17.5 Å². The first kappa shape index (κ1) is 26.5. The molecule has 5 rings (SSSR count). The van der Waals surface area contributed by atoms with Crippen LogP contribution in [0.4, 0.5) is 16.3 Å². The standard InChI is InChI=1S/C29H34N6O4/c1-29(2,3)26-19-27(34-39-26)31-28(36)30-22-8-4-20(5-9-22)24-18-25(33-32-24)21-6-10-23(11-7-21)38-17-14-35-12-15-37-16-13-35/h4-11,18-19H,12-17H2,1-3H3,(H,32,33)(H2,30,31,34,36).